The van der Waals surface area contributed by atoms with Crippen LogP contribution in [0.5, 0.6) is 0 Å². The van der Waals surface area contributed by atoms with E-state index in [4.69, 9.17) is 12.2 Å². The fourth-order valence-corrected chi connectivity index (χ4v) is 7.41. The average molecular weight is 383 g/mol. The summed E-state index contributed by atoms with van der Waals surface area (Å²) in [4.78, 5) is 5.33. The lowest BCUT2D eigenvalue weighted by atomic mass is 9.70. The molecule has 0 aromatic carbocycles. The molecule has 0 radical (unpaired) electrons. The van der Waals surface area contributed by atoms with Crippen molar-refractivity contribution in [2.24, 2.45) is 22.7 Å². The number of thiocarbonyl (C=S) groups is 1. The Labute approximate surface area is 165 Å². The first-order valence-electron chi connectivity index (χ1n) is 10.2. The minimum Gasteiger partial charge on any atom is -0.341 e. The first-order chi connectivity index (χ1) is 11.5. The molecule has 0 bridgehead atoms. The fraction of sp³-hybridized carbons (Fsp3) is 0.952. The van der Waals surface area contributed by atoms with Crippen molar-refractivity contribution in [1.82, 2.24) is 9.80 Å². The average Bonchev–Trinajstić information content (AvgIpc) is 2.43. The molecule has 4 atom stereocenters. The van der Waals surface area contributed by atoms with Gasteiger partial charge >= 0.3 is 0 Å². The van der Waals surface area contributed by atoms with Gasteiger partial charge in [0.2, 0.25) is 0 Å². The maximum absolute atomic E-state index is 5.81. The summed E-state index contributed by atoms with van der Waals surface area (Å²) >= 11 is 7.71. The van der Waals surface area contributed by atoms with E-state index in [1.807, 2.05) is 11.8 Å². The molecule has 0 N–H and O–H groups in total. The van der Waals surface area contributed by atoms with Gasteiger partial charge in [0.15, 0.2) is 0 Å². The van der Waals surface area contributed by atoms with Crippen molar-refractivity contribution in [1.29, 1.82) is 0 Å². The molecule has 25 heavy (non-hydrogen) atoms. The summed E-state index contributed by atoms with van der Waals surface area (Å²) in [6, 6.07) is 1.36. The molecule has 1 heterocycles. The Hall–Kier alpha value is 0.200. The van der Waals surface area contributed by atoms with E-state index in [0.29, 0.717) is 16.9 Å². The molecule has 1 aliphatic heterocycles. The summed E-state index contributed by atoms with van der Waals surface area (Å²) in [6.07, 6.45) is 8.03. The van der Waals surface area contributed by atoms with Crippen molar-refractivity contribution in [3.63, 3.8) is 0 Å². The molecule has 0 unspecified atom stereocenters. The van der Waals surface area contributed by atoms with Crippen molar-refractivity contribution in [3.8, 4) is 0 Å². The van der Waals surface area contributed by atoms with Crippen molar-refractivity contribution < 1.29 is 0 Å². The van der Waals surface area contributed by atoms with E-state index >= 15 is 0 Å². The molecule has 3 fully saturated rings. The zero-order chi connectivity index (χ0) is 18.4. The van der Waals surface area contributed by atoms with Crippen molar-refractivity contribution >= 4 is 28.3 Å². The third-order valence-electron chi connectivity index (χ3n) is 6.61. The summed E-state index contributed by atoms with van der Waals surface area (Å²) in [6.45, 7) is 15.7. The highest BCUT2D eigenvalue weighted by molar-refractivity contribution is 8.22. The van der Waals surface area contributed by atoms with Crippen LogP contribution in [0.25, 0.3) is 0 Å². The minimum absolute atomic E-state index is 0.451. The van der Waals surface area contributed by atoms with Gasteiger partial charge in [0.05, 0.1) is 12.5 Å². The lowest BCUT2D eigenvalue weighted by Crippen LogP contribution is -2.56. The quantitative estimate of drug-likeness (QED) is 0.543. The zero-order valence-corrected chi connectivity index (χ0v) is 18.8. The largest absolute Gasteiger partial charge is 0.341 e. The van der Waals surface area contributed by atoms with Crippen molar-refractivity contribution in [3.05, 3.63) is 0 Å². The monoisotopic (exact) mass is 382 g/mol. The molecule has 144 valence electrons. The van der Waals surface area contributed by atoms with Gasteiger partial charge in [-0.25, -0.2) is 0 Å². The zero-order valence-electron chi connectivity index (χ0n) is 17.2. The maximum atomic E-state index is 5.81. The standard InChI is InChI=1S/C21H38N2S2/c1-15-7-17(11-20(3,4)9-15)22-13-23(19(24)25-14-22)18-8-16(2)10-21(5,6)12-18/h15-18H,7-14H2,1-6H3/t15-,16+,17+,18+/m1/s1. The number of nitrogens with zero attached hydrogens (tertiary/aromatic N) is 2. The van der Waals surface area contributed by atoms with Crippen LogP contribution in [0.4, 0.5) is 0 Å². The molecule has 0 aromatic rings. The van der Waals surface area contributed by atoms with Gasteiger partial charge in [-0.2, -0.15) is 0 Å². The minimum atomic E-state index is 0.451. The summed E-state index contributed by atoms with van der Waals surface area (Å²) in [5, 5.41) is 0. The van der Waals surface area contributed by atoms with E-state index in [0.717, 1.165) is 34.7 Å². The van der Waals surface area contributed by atoms with Gasteiger partial charge in [-0.15, -0.1) is 0 Å². The van der Waals surface area contributed by atoms with Crippen molar-refractivity contribution in [2.75, 3.05) is 12.5 Å². The Balaban J connectivity index is 1.70. The highest BCUT2D eigenvalue weighted by Crippen LogP contribution is 2.44. The second kappa shape index (κ2) is 7.31. The summed E-state index contributed by atoms with van der Waals surface area (Å²) in [7, 11) is 0. The number of hydrogen-bond donors (Lipinski definition) is 0. The molecular weight excluding hydrogens is 344 g/mol. The summed E-state index contributed by atoms with van der Waals surface area (Å²) in [5.41, 5.74) is 0.934. The van der Waals surface area contributed by atoms with Crippen LogP contribution >= 0.6 is 24.0 Å². The fourth-order valence-electron chi connectivity index (χ4n) is 6.11. The second-order valence-corrected chi connectivity index (χ2v) is 12.5. The van der Waals surface area contributed by atoms with Gasteiger partial charge in [0.1, 0.15) is 4.32 Å². The van der Waals surface area contributed by atoms with Crippen LogP contribution in [0, 0.1) is 22.7 Å². The first kappa shape index (κ1) is 19.9. The molecule has 1 saturated heterocycles. The highest BCUT2D eigenvalue weighted by atomic mass is 32.2. The van der Waals surface area contributed by atoms with E-state index in [9.17, 15) is 0 Å². The lowest BCUT2D eigenvalue weighted by Gasteiger charge is -2.51. The van der Waals surface area contributed by atoms with Gasteiger partial charge in [-0.05, 0) is 61.2 Å². The van der Waals surface area contributed by atoms with Crippen LogP contribution in [0.3, 0.4) is 0 Å². The van der Waals surface area contributed by atoms with Gasteiger partial charge in [-0.3, -0.25) is 4.90 Å². The van der Waals surface area contributed by atoms with E-state index in [1.54, 1.807) is 0 Å². The van der Waals surface area contributed by atoms with Crippen LogP contribution in [0.15, 0.2) is 0 Å². The molecular formula is C21H38N2S2. The van der Waals surface area contributed by atoms with Crippen LogP contribution in [-0.2, 0) is 0 Å². The smallest absolute Gasteiger partial charge is 0.138 e. The van der Waals surface area contributed by atoms with Gasteiger partial charge in [0.25, 0.3) is 0 Å². The maximum Gasteiger partial charge on any atom is 0.138 e. The summed E-state index contributed by atoms with van der Waals surface area (Å²) < 4.78 is 1.15. The second-order valence-electron chi connectivity index (χ2n) is 10.9. The molecule has 3 rings (SSSR count). The summed E-state index contributed by atoms with van der Waals surface area (Å²) in [5.74, 6) is 2.74. The van der Waals surface area contributed by atoms with Crippen molar-refractivity contribution in [2.45, 2.75) is 92.2 Å². The Bertz CT molecular complexity index is 502. The predicted octanol–water partition coefficient (Wildman–Crippen LogP) is 5.97. The Morgan fingerprint density at radius 1 is 0.880 bits per heavy atom. The van der Waals surface area contributed by atoms with Crippen LogP contribution in [-0.4, -0.2) is 38.7 Å². The molecule has 2 aliphatic carbocycles. The van der Waals surface area contributed by atoms with E-state index in [-0.39, 0.29) is 0 Å². The van der Waals surface area contributed by atoms with Crippen LogP contribution in [0.2, 0.25) is 0 Å². The molecule has 3 aliphatic rings. The Morgan fingerprint density at radius 3 is 1.96 bits per heavy atom. The van der Waals surface area contributed by atoms with Gasteiger partial charge in [-0.1, -0.05) is 65.5 Å². The van der Waals surface area contributed by atoms with E-state index in [2.05, 4.69) is 51.3 Å². The van der Waals surface area contributed by atoms with Crippen LogP contribution < -0.4 is 0 Å². The van der Waals surface area contributed by atoms with Gasteiger partial charge in [0, 0.05) is 12.1 Å². The topological polar surface area (TPSA) is 6.48 Å². The Kier molecular flexibility index (Phi) is 5.84. The number of hydrogen-bond acceptors (Lipinski definition) is 3. The predicted molar refractivity (Wildman–Crippen MR) is 115 cm³/mol. The Morgan fingerprint density at radius 2 is 1.40 bits per heavy atom. The van der Waals surface area contributed by atoms with E-state index < -0.39 is 0 Å². The lowest BCUT2D eigenvalue weighted by molar-refractivity contribution is 0.0281. The molecule has 2 nitrogen and oxygen atoms in total. The van der Waals surface area contributed by atoms with E-state index in [1.165, 1.54) is 38.5 Å². The SMILES string of the molecule is C[C@@H]1C[C@H](N2CSC(=S)N([C@H]3C[C@H](C)CC(C)(C)C3)C2)CC(C)(C)C1. The molecule has 0 amide bonds. The molecule has 0 aromatic heterocycles. The molecule has 2 saturated carbocycles. The molecule has 0 spiro atoms. The van der Waals surface area contributed by atoms with Gasteiger partial charge < -0.3 is 4.90 Å². The highest BCUT2D eigenvalue weighted by Gasteiger charge is 2.41. The molecule has 4 heteroatoms. The first-order valence-corrected chi connectivity index (χ1v) is 11.6. The number of rotatable bonds is 2. The van der Waals surface area contributed by atoms with Crippen LogP contribution in [0.1, 0.15) is 80.1 Å². The normalized spacial score (nSPS) is 39.4. The number of thioether (sulfide) groups is 1. The third-order valence-corrected chi connectivity index (χ3v) is 8.14. The third kappa shape index (κ3) is 4.93.